The molecule has 0 aromatic carbocycles. The quantitative estimate of drug-likeness (QED) is 0.730. The highest BCUT2D eigenvalue weighted by molar-refractivity contribution is 7.99. The third kappa shape index (κ3) is 3.90. The van der Waals surface area contributed by atoms with Gasteiger partial charge in [-0.15, -0.1) is 0 Å². The third-order valence-corrected chi connectivity index (χ3v) is 5.21. The van der Waals surface area contributed by atoms with E-state index in [9.17, 15) is 9.90 Å². The average molecular weight is 258 g/mol. The van der Waals surface area contributed by atoms with Crippen LogP contribution in [0.1, 0.15) is 52.9 Å². The summed E-state index contributed by atoms with van der Waals surface area (Å²) < 4.78 is 0. The standard InChI is InChI=1S/C14H26O2S/c1-4-17-10-9-14(13(15)16)7-5-12(6-8-14)11(2)3/h11-12H,4-10H2,1-3H3,(H,15,16). The molecule has 17 heavy (non-hydrogen) atoms. The Kier molecular flexibility index (Phi) is 5.84. The molecule has 0 amide bonds. The highest BCUT2D eigenvalue weighted by Crippen LogP contribution is 2.44. The molecule has 100 valence electrons. The molecule has 0 heterocycles. The van der Waals surface area contributed by atoms with Crippen LogP contribution in [0.25, 0.3) is 0 Å². The third-order valence-electron chi connectivity index (χ3n) is 4.31. The van der Waals surface area contributed by atoms with Crippen molar-refractivity contribution in [2.24, 2.45) is 17.3 Å². The Morgan fingerprint density at radius 3 is 2.41 bits per heavy atom. The molecule has 1 fully saturated rings. The van der Waals surface area contributed by atoms with Crippen LogP contribution in [0.4, 0.5) is 0 Å². The topological polar surface area (TPSA) is 37.3 Å². The van der Waals surface area contributed by atoms with Crippen molar-refractivity contribution in [3.05, 3.63) is 0 Å². The highest BCUT2D eigenvalue weighted by atomic mass is 32.2. The molecule has 0 bridgehead atoms. The van der Waals surface area contributed by atoms with E-state index in [4.69, 9.17) is 0 Å². The zero-order valence-electron chi connectivity index (χ0n) is 11.4. The minimum absolute atomic E-state index is 0.409. The van der Waals surface area contributed by atoms with Crippen LogP contribution in [0.3, 0.4) is 0 Å². The van der Waals surface area contributed by atoms with E-state index < -0.39 is 11.4 Å². The molecule has 1 rings (SSSR count). The van der Waals surface area contributed by atoms with Gasteiger partial charge in [-0.25, -0.2) is 0 Å². The maximum atomic E-state index is 11.5. The molecule has 0 radical (unpaired) electrons. The van der Waals surface area contributed by atoms with Gasteiger partial charge in [0.1, 0.15) is 0 Å². The summed E-state index contributed by atoms with van der Waals surface area (Å²) in [5, 5.41) is 9.50. The van der Waals surface area contributed by atoms with Gasteiger partial charge >= 0.3 is 5.97 Å². The second kappa shape index (κ2) is 6.67. The van der Waals surface area contributed by atoms with E-state index in [0.717, 1.165) is 49.5 Å². The lowest BCUT2D eigenvalue weighted by atomic mass is 9.67. The van der Waals surface area contributed by atoms with Crippen molar-refractivity contribution < 1.29 is 9.90 Å². The highest BCUT2D eigenvalue weighted by Gasteiger charge is 2.41. The van der Waals surface area contributed by atoms with Crippen molar-refractivity contribution in [2.75, 3.05) is 11.5 Å². The monoisotopic (exact) mass is 258 g/mol. The number of hydrogen-bond acceptors (Lipinski definition) is 2. The summed E-state index contributed by atoms with van der Waals surface area (Å²) in [6.07, 6.45) is 4.82. The first kappa shape index (κ1) is 14.9. The first-order valence-corrected chi connectivity index (χ1v) is 7.98. The van der Waals surface area contributed by atoms with Gasteiger partial charge in [-0.2, -0.15) is 11.8 Å². The zero-order valence-corrected chi connectivity index (χ0v) is 12.2. The predicted octanol–water partition coefficient (Wildman–Crippen LogP) is 4.05. The van der Waals surface area contributed by atoms with Gasteiger partial charge in [0, 0.05) is 0 Å². The number of carbonyl (C=O) groups is 1. The van der Waals surface area contributed by atoms with Gasteiger partial charge in [0.05, 0.1) is 5.41 Å². The number of aliphatic carboxylic acids is 1. The molecule has 1 saturated carbocycles. The van der Waals surface area contributed by atoms with Crippen LogP contribution >= 0.6 is 11.8 Å². The van der Waals surface area contributed by atoms with Crippen molar-refractivity contribution >= 4 is 17.7 Å². The summed E-state index contributed by atoms with van der Waals surface area (Å²) >= 11 is 1.86. The number of thioether (sulfide) groups is 1. The van der Waals surface area contributed by atoms with Gasteiger partial charge < -0.3 is 5.11 Å². The van der Waals surface area contributed by atoms with Crippen LogP contribution in [-0.2, 0) is 4.79 Å². The van der Waals surface area contributed by atoms with Crippen molar-refractivity contribution in [1.82, 2.24) is 0 Å². The molecule has 1 aliphatic carbocycles. The summed E-state index contributed by atoms with van der Waals surface area (Å²) in [7, 11) is 0. The predicted molar refractivity (Wildman–Crippen MR) is 74.5 cm³/mol. The summed E-state index contributed by atoms with van der Waals surface area (Å²) in [5.41, 5.74) is -0.409. The van der Waals surface area contributed by atoms with Gasteiger partial charge in [0.25, 0.3) is 0 Å². The van der Waals surface area contributed by atoms with Crippen LogP contribution in [0.2, 0.25) is 0 Å². The SMILES string of the molecule is CCSCCC1(C(=O)O)CCC(C(C)C)CC1. The van der Waals surface area contributed by atoms with E-state index in [0.29, 0.717) is 5.92 Å². The fourth-order valence-electron chi connectivity index (χ4n) is 2.84. The fourth-order valence-corrected chi connectivity index (χ4v) is 3.67. The Morgan fingerprint density at radius 1 is 1.41 bits per heavy atom. The lowest BCUT2D eigenvalue weighted by Crippen LogP contribution is -2.37. The van der Waals surface area contributed by atoms with Gasteiger partial charge in [0.2, 0.25) is 0 Å². The van der Waals surface area contributed by atoms with E-state index in [2.05, 4.69) is 20.8 Å². The molecule has 1 N–H and O–H groups in total. The molecule has 0 unspecified atom stereocenters. The van der Waals surface area contributed by atoms with Crippen molar-refractivity contribution in [3.8, 4) is 0 Å². The Hall–Kier alpha value is -0.180. The van der Waals surface area contributed by atoms with Crippen LogP contribution in [-0.4, -0.2) is 22.6 Å². The second-order valence-corrected chi connectivity index (χ2v) is 7.01. The lowest BCUT2D eigenvalue weighted by Gasteiger charge is -2.38. The Balaban J connectivity index is 2.54. The molecule has 0 atom stereocenters. The van der Waals surface area contributed by atoms with Crippen LogP contribution in [0, 0.1) is 17.3 Å². The molecule has 1 aliphatic rings. The molecule has 0 saturated heterocycles. The largest absolute Gasteiger partial charge is 0.481 e. The molecule has 0 spiro atoms. The second-order valence-electron chi connectivity index (χ2n) is 5.61. The van der Waals surface area contributed by atoms with Gasteiger partial charge in [-0.05, 0) is 55.4 Å². The maximum Gasteiger partial charge on any atom is 0.309 e. The van der Waals surface area contributed by atoms with Gasteiger partial charge in [-0.1, -0.05) is 20.8 Å². The summed E-state index contributed by atoms with van der Waals surface area (Å²) in [6, 6.07) is 0. The van der Waals surface area contributed by atoms with Crippen LogP contribution < -0.4 is 0 Å². The van der Waals surface area contributed by atoms with E-state index in [1.807, 2.05) is 11.8 Å². The normalized spacial score (nSPS) is 29.5. The minimum Gasteiger partial charge on any atom is -0.481 e. The average Bonchev–Trinajstić information content (AvgIpc) is 2.29. The van der Waals surface area contributed by atoms with Crippen LogP contribution in [0.15, 0.2) is 0 Å². The summed E-state index contributed by atoms with van der Waals surface area (Å²) in [4.78, 5) is 11.5. The zero-order chi connectivity index (χ0) is 12.9. The van der Waals surface area contributed by atoms with E-state index in [1.54, 1.807) is 0 Å². The fraction of sp³-hybridized carbons (Fsp3) is 0.929. The van der Waals surface area contributed by atoms with Gasteiger partial charge in [0.15, 0.2) is 0 Å². The van der Waals surface area contributed by atoms with E-state index >= 15 is 0 Å². The Bertz CT molecular complexity index is 243. The first-order chi connectivity index (χ1) is 8.02. The Labute approximate surface area is 110 Å². The molecule has 2 nitrogen and oxygen atoms in total. The summed E-state index contributed by atoms with van der Waals surface area (Å²) in [5.74, 6) is 2.96. The smallest absolute Gasteiger partial charge is 0.309 e. The van der Waals surface area contributed by atoms with Crippen molar-refractivity contribution in [3.63, 3.8) is 0 Å². The molecular formula is C14H26O2S. The van der Waals surface area contributed by atoms with Crippen molar-refractivity contribution in [2.45, 2.75) is 52.9 Å². The maximum absolute atomic E-state index is 11.5. The lowest BCUT2D eigenvalue weighted by molar-refractivity contribution is -0.152. The summed E-state index contributed by atoms with van der Waals surface area (Å²) in [6.45, 7) is 6.64. The minimum atomic E-state index is -0.559. The van der Waals surface area contributed by atoms with E-state index in [1.165, 1.54) is 0 Å². The molecule has 0 aliphatic heterocycles. The molecule has 0 aromatic heterocycles. The van der Waals surface area contributed by atoms with E-state index in [-0.39, 0.29) is 0 Å². The number of carboxylic acid groups (broad SMARTS) is 1. The Morgan fingerprint density at radius 2 is 2.00 bits per heavy atom. The van der Waals surface area contributed by atoms with Crippen LogP contribution in [0.5, 0.6) is 0 Å². The first-order valence-electron chi connectivity index (χ1n) is 6.83. The van der Waals surface area contributed by atoms with Gasteiger partial charge in [-0.3, -0.25) is 4.79 Å². The number of hydrogen-bond donors (Lipinski definition) is 1. The number of carboxylic acids is 1. The molecule has 3 heteroatoms. The van der Waals surface area contributed by atoms with Crippen molar-refractivity contribution in [1.29, 1.82) is 0 Å². The molecular weight excluding hydrogens is 232 g/mol. The molecule has 0 aromatic rings. The number of rotatable bonds is 6.